The van der Waals surface area contributed by atoms with Gasteiger partial charge >= 0.3 is 0 Å². The number of aromatic nitrogens is 3. The summed E-state index contributed by atoms with van der Waals surface area (Å²) in [4.78, 5) is 19.4. The van der Waals surface area contributed by atoms with E-state index in [2.05, 4.69) is 9.97 Å². The Bertz CT molecular complexity index is 783. The molecule has 5 heteroatoms. The predicted molar refractivity (Wildman–Crippen MR) is 92.7 cm³/mol. The van der Waals surface area contributed by atoms with E-state index in [1.165, 1.54) is 0 Å². The van der Waals surface area contributed by atoms with Crippen molar-refractivity contribution in [3.8, 4) is 11.4 Å². The van der Waals surface area contributed by atoms with Gasteiger partial charge in [0.1, 0.15) is 12.0 Å². The van der Waals surface area contributed by atoms with E-state index in [1.807, 2.05) is 48.9 Å². The number of nitrogens with zero attached hydrogens (tertiary/aromatic N) is 3. The molecule has 0 aliphatic heterocycles. The summed E-state index contributed by atoms with van der Waals surface area (Å²) in [7, 11) is 0. The van der Waals surface area contributed by atoms with Crippen molar-refractivity contribution in [2.24, 2.45) is 0 Å². The number of benzene rings is 1. The molecule has 0 N–H and O–H groups in total. The smallest absolute Gasteiger partial charge is 0.150 e. The van der Waals surface area contributed by atoms with Crippen molar-refractivity contribution >= 4 is 17.9 Å². The van der Waals surface area contributed by atoms with Gasteiger partial charge in [0.15, 0.2) is 0 Å². The summed E-state index contributed by atoms with van der Waals surface area (Å²) >= 11 is 6.15. The van der Waals surface area contributed by atoms with Crippen molar-refractivity contribution < 1.29 is 4.79 Å². The van der Waals surface area contributed by atoms with Crippen molar-refractivity contribution in [3.63, 3.8) is 0 Å². The third-order valence-electron chi connectivity index (χ3n) is 3.13. The van der Waals surface area contributed by atoms with Crippen molar-refractivity contribution in [1.82, 2.24) is 14.5 Å². The van der Waals surface area contributed by atoms with E-state index in [-0.39, 0.29) is 0 Å². The summed E-state index contributed by atoms with van der Waals surface area (Å²) in [5.74, 6) is 0. The number of pyridine rings is 1. The van der Waals surface area contributed by atoms with Crippen molar-refractivity contribution in [1.29, 1.82) is 0 Å². The van der Waals surface area contributed by atoms with Crippen LogP contribution in [-0.2, 0) is 6.54 Å². The second kappa shape index (κ2) is 8.25. The van der Waals surface area contributed by atoms with E-state index >= 15 is 0 Å². The molecule has 118 valence electrons. The molecule has 3 rings (SSSR count). The SMILES string of the molecule is CC.O=Cc1ccnc(-c2cn(Cc3ccccc3Cl)cn2)c1. The molecule has 2 aromatic heterocycles. The standard InChI is InChI=1S/C16H12ClN3O.C2H6/c17-14-4-2-1-3-13(14)8-20-9-16(19-11-20)15-7-12(10-21)5-6-18-15;1-2/h1-7,9-11H,8H2;1-2H3. The summed E-state index contributed by atoms with van der Waals surface area (Å²) < 4.78 is 1.94. The minimum Gasteiger partial charge on any atom is -0.332 e. The second-order valence-electron chi connectivity index (χ2n) is 4.61. The number of rotatable bonds is 4. The Balaban J connectivity index is 0.000000924. The van der Waals surface area contributed by atoms with Crippen molar-refractivity contribution in [2.45, 2.75) is 20.4 Å². The van der Waals surface area contributed by atoms with Crippen LogP contribution < -0.4 is 0 Å². The highest BCUT2D eigenvalue weighted by atomic mass is 35.5. The van der Waals surface area contributed by atoms with E-state index in [9.17, 15) is 4.79 Å². The van der Waals surface area contributed by atoms with Crippen LogP contribution in [0.25, 0.3) is 11.4 Å². The second-order valence-corrected chi connectivity index (χ2v) is 5.02. The highest BCUT2D eigenvalue weighted by molar-refractivity contribution is 6.31. The first-order valence-electron chi connectivity index (χ1n) is 7.43. The molecule has 23 heavy (non-hydrogen) atoms. The van der Waals surface area contributed by atoms with Gasteiger partial charge < -0.3 is 4.57 Å². The molecule has 0 saturated heterocycles. The van der Waals surface area contributed by atoms with Crippen LogP contribution in [0.5, 0.6) is 0 Å². The zero-order valence-electron chi connectivity index (χ0n) is 13.1. The van der Waals surface area contributed by atoms with Gasteiger partial charge in [0.2, 0.25) is 0 Å². The monoisotopic (exact) mass is 327 g/mol. The summed E-state index contributed by atoms with van der Waals surface area (Å²) in [6, 6.07) is 11.1. The third kappa shape index (κ3) is 4.27. The molecule has 0 radical (unpaired) electrons. The molecule has 3 aromatic rings. The van der Waals surface area contributed by atoms with Gasteiger partial charge in [-0.25, -0.2) is 4.98 Å². The molecule has 0 bridgehead atoms. The number of imidazole rings is 1. The molecule has 4 nitrogen and oxygen atoms in total. The van der Waals surface area contributed by atoms with Gasteiger partial charge in [-0.05, 0) is 23.8 Å². The lowest BCUT2D eigenvalue weighted by Gasteiger charge is -2.04. The lowest BCUT2D eigenvalue weighted by molar-refractivity contribution is 0.112. The van der Waals surface area contributed by atoms with Gasteiger partial charge in [-0.1, -0.05) is 43.6 Å². The summed E-state index contributed by atoms with van der Waals surface area (Å²) in [5.41, 5.74) is 3.02. The number of carbonyl (C=O) groups is 1. The Morgan fingerprint density at radius 3 is 2.65 bits per heavy atom. The highest BCUT2D eigenvalue weighted by Crippen LogP contribution is 2.19. The Labute approximate surface area is 140 Å². The quantitative estimate of drug-likeness (QED) is 0.663. The Kier molecular flexibility index (Phi) is 6.06. The highest BCUT2D eigenvalue weighted by Gasteiger charge is 2.06. The summed E-state index contributed by atoms with van der Waals surface area (Å²) in [6.07, 6.45) is 6.02. The molecule has 0 saturated carbocycles. The Morgan fingerprint density at radius 1 is 1.13 bits per heavy atom. The van der Waals surface area contributed by atoms with Gasteiger partial charge in [-0.15, -0.1) is 0 Å². The number of hydrogen-bond donors (Lipinski definition) is 0. The first-order chi connectivity index (χ1) is 11.3. The number of halogens is 1. The van der Waals surface area contributed by atoms with Gasteiger partial charge in [0.05, 0.1) is 12.0 Å². The number of hydrogen-bond acceptors (Lipinski definition) is 3. The normalized spacial score (nSPS) is 9.87. The Hall–Kier alpha value is -2.46. The van der Waals surface area contributed by atoms with Gasteiger partial charge in [-0.2, -0.15) is 0 Å². The maximum Gasteiger partial charge on any atom is 0.150 e. The van der Waals surface area contributed by atoms with E-state index < -0.39 is 0 Å². The Morgan fingerprint density at radius 2 is 1.91 bits per heavy atom. The number of carbonyl (C=O) groups excluding carboxylic acids is 1. The first kappa shape index (κ1) is 16.9. The van der Waals surface area contributed by atoms with Gasteiger partial charge in [0.25, 0.3) is 0 Å². The molecule has 0 amide bonds. The summed E-state index contributed by atoms with van der Waals surface area (Å²) in [5, 5.41) is 0.730. The van der Waals surface area contributed by atoms with E-state index in [0.29, 0.717) is 17.8 Å². The van der Waals surface area contributed by atoms with Crippen LogP contribution in [0.15, 0.2) is 55.1 Å². The van der Waals surface area contributed by atoms with Crippen LogP contribution in [-0.4, -0.2) is 20.8 Å². The fourth-order valence-electron chi connectivity index (χ4n) is 2.06. The van der Waals surface area contributed by atoms with Crippen molar-refractivity contribution in [2.75, 3.05) is 0 Å². The molecular weight excluding hydrogens is 310 g/mol. The predicted octanol–water partition coefficient (Wildman–Crippen LogP) is 4.49. The molecule has 2 heterocycles. The lowest BCUT2D eigenvalue weighted by atomic mass is 10.2. The van der Waals surface area contributed by atoms with Gasteiger partial charge in [-0.3, -0.25) is 9.78 Å². The average Bonchev–Trinajstić information content (AvgIpc) is 3.07. The zero-order valence-corrected chi connectivity index (χ0v) is 13.9. The lowest BCUT2D eigenvalue weighted by Crippen LogP contribution is -1.96. The number of aldehydes is 1. The minimum absolute atomic E-state index is 0.584. The summed E-state index contributed by atoms with van der Waals surface area (Å²) in [6.45, 7) is 4.64. The van der Waals surface area contributed by atoms with Crippen molar-refractivity contribution in [3.05, 3.63) is 71.3 Å². The molecule has 0 unspecified atom stereocenters. The molecule has 1 aromatic carbocycles. The van der Waals surface area contributed by atoms with E-state index in [4.69, 9.17) is 11.6 Å². The molecule has 0 atom stereocenters. The first-order valence-corrected chi connectivity index (χ1v) is 7.81. The molecular formula is C18H18ClN3O. The minimum atomic E-state index is 0.584. The third-order valence-corrected chi connectivity index (χ3v) is 3.50. The fourth-order valence-corrected chi connectivity index (χ4v) is 2.26. The van der Waals surface area contributed by atoms with Crippen LogP contribution in [0.4, 0.5) is 0 Å². The van der Waals surface area contributed by atoms with Crippen LogP contribution in [0.3, 0.4) is 0 Å². The fraction of sp³-hybridized carbons (Fsp3) is 0.167. The van der Waals surface area contributed by atoms with Crippen LogP contribution in [0, 0.1) is 0 Å². The van der Waals surface area contributed by atoms with Crippen LogP contribution in [0.1, 0.15) is 29.8 Å². The van der Waals surface area contributed by atoms with E-state index in [1.54, 1.807) is 24.7 Å². The average molecular weight is 328 g/mol. The van der Waals surface area contributed by atoms with Crippen LogP contribution >= 0.6 is 11.6 Å². The molecule has 0 fully saturated rings. The largest absolute Gasteiger partial charge is 0.332 e. The molecule has 0 spiro atoms. The van der Waals surface area contributed by atoms with Crippen LogP contribution in [0.2, 0.25) is 5.02 Å². The molecule has 0 aliphatic rings. The maximum absolute atomic E-state index is 10.8. The van der Waals surface area contributed by atoms with Gasteiger partial charge in [0, 0.05) is 29.5 Å². The molecule has 0 aliphatic carbocycles. The van der Waals surface area contributed by atoms with E-state index in [0.717, 1.165) is 22.6 Å². The zero-order chi connectivity index (χ0) is 16.7. The topological polar surface area (TPSA) is 47.8 Å². The maximum atomic E-state index is 10.8.